The minimum atomic E-state index is -0.202. The van der Waals surface area contributed by atoms with Gasteiger partial charge in [-0.15, -0.1) is 22.7 Å². The fraction of sp³-hybridized carbons (Fsp3) is 0.440. The molecule has 0 N–H and O–H groups in total. The van der Waals surface area contributed by atoms with Gasteiger partial charge in [-0.3, -0.25) is 14.0 Å². The van der Waals surface area contributed by atoms with Crippen LogP contribution < -0.4 is 5.56 Å². The van der Waals surface area contributed by atoms with Gasteiger partial charge in [0.25, 0.3) is 5.56 Å². The zero-order valence-corrected chi connectivity index (χ0v) is 19.9. The Morgan fingerprint density at radius 1 is 1.06 bits per heavy atom. The van der Waals surface area contributed by atoms with Crippen molar-refractivity contribution in [3.8, 4) is 0 Å². The van der Waals surface area contributed by atoms with E-state index in [1.165, 1.54) is 10.9 Å². The van der Waals surface area contributed by atoms with Crippen LogP contribution in [0.2, 0.25) is 0 Å². The van der Waals surface area contributed by atoms with Crippen LogP contribution in [0.15, 0.2) is 35.1 Å². The Morgan fingerprint density at radius 2 is 1.91 bits per heavy atom. The molecule has 1 fully saturated rings. The van der Waals surface area contributed by atoms with Gasteiger partial charge in [-0.2, -0.15) is 0 Å². The van der Waals surface area contributed by atoms with E-state index in [1.807, 2.05) is 18.2 Å². The van der Waals surface area contributed by atoms with Crippen molar-refractivity contribution in [1.29, 1.82) is 0 Å². The Morgan fingerprint density at radius 3 is 2.82 bits per heavy atom. The van der Waals surface area contributed by atoms with Crippen LogP contribution in [0.25, 0.3) is 15.2 Å². The van der Waals surface area contributed by atoms with E-state index in [4.69, 9.17) is 9.72 Å². The van der Waals surface area contributed by atoms with Gasteiger partial charge < -0.3 is 4.74 Å². The smallest absolute Gasteiger partial charge is 0.310 e. The van der Waals surface area contributed by atoms with Gasteiger partial charge >= 0.3 is 5.97 Å². The molecule has 3 aromatic heterocycles. The van der Waals surface area contributed by atoms with Crippen LogP contribution in [0.1, 0.15) is 65.7 Å². The number of nitrogens with zero attached hydrogens (tertiary/aromatic N) is 3. The first kappa shape index (κ1) is 21.0. The molecule has 2 atom stereocenters. The lowest BCUT2D eigenvalue weighted by Gasteiger charge is -2.28. The van der Waals surface area contributed by atoms with Gasteiger partial charge in [0.2, 0.25) is 0 Å². The van der Waals surface area contributed by atoms with E-state index in [0.717, 1.165) is 72.3 Å². The molecule has 2 aliphatic rings. The lowest BCUT2D eigenvalue weighted by Crippen LogP contribution is -2.28. The van der Waals surface area contributed by atoms with Gasteiger partial charge in [-0.25, -0.2) is 9.97 Å². The van der Waals surface area contributed by atoms with Crippen LogP contribution in [0.3, 0.4) is 0 Å². The maximum absolute atomic E-state index is 13.1. The number of hydrogen-bond donors (Lipinski definition) is 0. The molecule has 4 aromatic rings. The van der Waals surface area contributed by atoms with Crippen LogP contribution in [-0.4, -0.2) is 20.3 Å². The number of ether oxygens (including phenoxy) is 1. The van der Waals surface area contributed by atoms with Crippen molar-refractivity contribution >= 4 is 43.8 Å². The number of aromatic nitrogens is 3. The first-order chi connectivity index (χ1) is 16.2. The minimum Gasteiger partial charge on any atom is -0.459 e. The minimum absolute atomic E-state index is 0.0379. The molecule has 3 heterocycles. The zero-order valence-electron chi connectivity index (χ0n) is 18.3. The fourth-order valence-corrected chi connectivity index (χ4v) is 7.62. The molecule has 6 nitrogen and oxygen atoms in total. The topological polar surface area (TPSA) is 73.6 Å². The molecule has 6 rings (SSSR count). The molecule has 0 aliphatic heterocycles. The van der Waals surface area contributed by atoms with Crippen molar-refractivity contribution in [2.75, 3.05) is 0 Å². The zero-order chi connectivity index (χ0) is 22.4. The van der Waals surface area contributed by atoms with Crippen molar-refractivity contribution in [3.05, 3.63) is 62.0 Å². The first-order valence-corrected chi connectivity index (χ1v) is 13.4. The summed E-state index contributed by atoms with van der Waals surface area (Å²) in [6, 6.07) is 9.64. The van der Waals surface area contributed by atoms with Crippen LogP contribution in [0.5, 0.6) is 0 Å². The summed E-state index contributed by atoms with van der Waals surface area (Å²) >= 11 is 3.28. The van der Waals surface area contributed by atoms with Gasteiger partial charge in [0, 0.05) is 22.6 Å². The summed E-state index contributed by atoms with van der Waals surface area (Å²) in [4.78, 5) is 37.4. The van der Waals surface area contributed by atoms with E-state index in [2.05, 4.69) is 11.1 Å². The number of para-hydroxylation sites is 1. The monoisotopic (exact) mass is 479 g/mol. The number of benzene rings is 1. The maximum Gasteiger partial charge on any atom is 0.310 e. The quantitative estimate of drug-likeness (QED) is 0.373. The predicted octanol–water partition coefficient (Wildman–Crippen LogP) is 5.26. The lowest BCUT2D eigenvalue weighted by molar-refractivity contribution is -0.151. The largest absolute Gasteiger partial charge is 0.459 e. The molecular formula is C25H25N3O3S2. The summed E-state index contributed by atoms with van der Waals surface area (Å²) in [7, 11) is 0. The fourth-order valence-electron chi connectivity index (χ4n) is 5.22. The van der Waals surface area contributed by atoms with Gasteiger partial charge in [-0.05, 0) is 50.7 Å². The molecule has 0 spiro atoms. The van der Waals surface area contributed by atoms with Crippen molar-refractivity contribution in [3.63, 3.8) is 0 Å². The second-order valence-electron chi connectivity index (χ2n) is 9.01. The summed E-state index contributed by atoms with van der Waals surface area (Å²) in [5.41, 5.74) is 2.56. The Balaban J connectivity index is 1.21. The van der Waals surface area contributed by atoms with Crippen LogP contribution >= 0.6 is 22.7 Å². The Labute approximate surface area is 199 Å². The molecule has 1 saturated carbocycles. The molecule has 0 radical (unpaired) electrons. The molecular weight excluding hydrogens is 454 g/mol. The van der Waals surface area contributed by atoms with E-state index >= 15 is 0 Å². The summed E-state index contributed by atoms with van der Waals surface area (Å²) in [5, 5.41) is 1.03. The van der Waals surface area contributed by atoms with Crippen LogP contribution in [-0.2, 0) is 29.0 Å². The van der Waals surface area contributed by atoms with E-state index in [1.54, 1.807) is 27.1 Å². The van der Waals surface area contributed by atoms with Crippen LogP contribution in [0, 0.1) is 5.92 Å². The van der Waals surface area contributed by atoms with Crippen molar-refractivity contribution in [2.24, 2.45) is 5.92 Å². The number of rotatable bonds is 4. The van der Waals surface area contributed by atoms with Gasteiger partial charge in [-0.1, -0.05) is 25.0 Å². The summed E-state index contributed by atoms with van der Waals surface area (Å²) in [6.45, 7) is 0.0379. The molecule has 2 aliphatic carbocycles. The van der Waals surface area contributed by atoms with E-state index in [9.17, 15) is 9.59 Å². The third-order valence-electron chi connectivity index (χ3n) is 6.87. The van der Waals surface area contributed by atoms with E-state index < -0.39 is 0 Å². The Bertz CT molecular complexity index is 1370. The molecule has 8 heteroatoms. The molecule has 0 bridgehead atoms. The summed E-state index contributed by atoms with van der Waals surface area (Å²) in [5.74, 6) is -0.307. The van der Waals surface area contributed by atoms with Crippen molar-refractivity contribution in [1.82, 2.24) is 14.4 Å². The van der Waals surface area contributed by atoms with E-state index in [0.29, 0.717) is 10.7 Å². The van der Waals surface area contributed by atoms with Crippen LogP contribution in [0.4, 0.5) is 0 Å². The molecule has 170 valence electrons. The number of carbonyl (C=O) groups excluding carboxylic acids is 1. The normalized spacial score (nSPS) is 20.7. The second kappa shape index (κ2) is 8.65. The van der Waals surface area contributed by atoms with Crippen molar-refractivity contribution < 1.29 is 9.53 Å². The van der Waals surface area contributed by atoms with E-state index in [-0.39, 0.29) is 30.0 Å². The maximum atomic E-state index is 13.1. The second-order valence-corrected chi connectivity index (χ2v) is 11.1. The summed E-state index contributed by atoms with van der Waals surface area (Å²) < 4.78 is 8.63. The number of fused-ring (bicyclic) bond motifs is 4. The number of hydrogen-bond acceptors (Lipinski definition) is 7. The van der Waals surface area contributed by atoms with Crippen molar-refractivity contribution in [2.45, 2.75) is 63.9 Å². The number of esters is 1. The highest BCUT2D eigenvalue weighted by Crippen LogP contribution is 2.41. The number of thiazole rings is 2. The highest BCUT2D eigenvalue weighted by molar-refractivity contribution is 7.18. The van der Waals surface area contributed by atoms with Gasteiger partial charge in [0.1, 0.15) is 6.61 Å². The first-order valence-electron chi connectivity index (χ1n) is 11.7. The molecule has 33 heavy (non-hydrogen) atoms. The SMILES string of the molecule is O=C(OCc1cc(=O)n2c3c(sc2n1)CCCC3)C1CCCCC1c1nc2ccccc2s1. The number of carbonyl (C=O) groups is 1. The Kier molecular flexibility index (Phi) is 5.50. The number of aryl methyl sites for hydroxylation is 2. The highest BCUT2D eigenvalue weighted by atomic mass is 32.1. The Hall–Kier alpha value is -2.58. The third kappa shape index (κ3) is 3.89. The molecule has 0 amide bonds. The standard InChI is InChI=1S/C25H25N3O3S2/c29-22-13-15(26-25-28(22)19-10-4-6-12-21(19)33-25)14-31-24(30)17-8-2-1-7-16(17)23-27-18-9-3-5-11-20(18)32-23/h3,5,9,11,13,16-17H,1-2,4,6-8,10,12,14H2. The average Bonchev–Trinajstić information content (AvgIpc) is 3.44. The molecule has 2 unspecified atom stereocenters. The molecule has 0 saturated heterocycles. The third-order valence-corrected chi connectivity index (χ3v) is 9.18. The van der Waals surface area contributed by atoms with Gasteiger partial charge in [0.15, 0.2) is 4.96 Å². The predicted molar refractivity (Wildman–Crippen MR) is 130 cm³/mol. The average molecular weight is 480 g/mol. The highest BCUT2D eigenvalue weighted by Gasteiger charge is 2.35. The summed E-state index contributed by atoms with van der Waals surface area (Å²) in [6.07, 6.45) is 8.11. The lowest BCUT2D eigenvalue weighted by atomic mass is 9.79. The molecule has 1 aromatic carbocycles. The van der Waals surface area contributed by atoms with Gasteiger partial charge in [0.05, 0.1) is 26.8 Å².